The third kappa shape index (κ3) is 7.85. The van der Waals surface area contributed by atoms with E-state index < -0.39 is 0 Å². The molecule has 108 valence electrons. The maximum atomic E-state index is 8.64. The number of unbranched alkanes of at least 4 members (excludes halogenated alkanes) is 3. The van der Waals surface area contributed by atoms with Crippen molar-refractivity contribution in [2.75, 3.05) is 26.3 Å². The Morgan fingerprint density at radius 2 is 1.63 bits per heavy atom. The molecule has 0 aliphatic carbocycles. The van der Waals surface area contributed by atoms with Gasteiger partial charge in [0, 0.05) is 0 Å². The zero-order chi connectivity index (χ0) is 13.9. The second kappa shape index (κ2) is 9.82. The number of quaternary nitrogens is 1. The predicted octanol–water partition coefficient (Wildman–Crippen LogP) is 1.80. The smallest absolute Gasteiger partial charge is 0.119 e. The fraction of sp³-hybridized carbons (Fsp3) is 0.625. The minimum absolute atomic E-state index is 0.281. The second-order valence-corrected chi connectivity index (χ2v) is 5.18. The summed E-state index contributed by atoms with van der Waals surface area (Å²) >= 11 is 0. The van der Waals surface area contributed by atoms with E-state index in [1.807, 2.05) is 0 Å². The molecule has 3 N–H and O–H groups in total. The van der Waals surface area contributed by atoms with Gasteiger partial charge in [-0.2, -0.15) is 0 Å². The van der Waals surface area contributed by atoms with Crippen LogP contribution in [-0.2, 0) is 0 Å². The number of aryl methyl sites for hydroxylation is 2. The highest BCUT2D eigenvalue weighted by molar-refractivity contribution is 5.32. The van der Waals surface area contributed by atoms with Gasteiger partial charge in [-0.3, -0.25) is 0 Å². The van der Waals surface area contributed by atoms with Crippen molar-refractivity contribution in [3.63, 3.8) is 0 Å². The van der Waals surface area contributed by atoms with Gasteiger partial charge >= 0.3 is 0 Å². The SMILES string of the molecule is Cc1cc(C)cc(OCCCCCC[NH2+]CCO)c1. The van der Waals surface area contributed by atoms with E-state index in [4.69, 9.17) is 9.84 Å². The first-order valence-corrected chi connectivity index (χ1v) is 7.36. The van der Waals surface area contributed by atoms with Crippen LogP contribution in [0, 0.1) is 13.8 Å². The third-order valence-electron chi connectivity index (χ3n) is 3.10. The summed E-state index contributed by atoms with van der Waals surface area (Å²) in [4.78, 5) is 0. The summed E-state index contributed by atoms with van der Waals surface area (Å²) in [5.41, 5.74) is 2.52. The lowest BCUT2D eigenvalue weighted by atomic mass is 10.1. The molecular formula is C16H28NO2+. The van der Waals surface area contributed by atoms with Crippen LogP contribution in [0.5, 0.6) is 5.75 Å². The van der Waals surface area contributed by atoms with Crippen molar-refractivity contribution < 1.29 is 15.2 Å². The molecule has 0 unspecified atom stereocenters. The summed E-state index contributed by atoms with van der Waals surface area (Å²) in [5.74, 6) is 0.994. The lowest BCUT2D eigenvalue weighted by Gasteiger charge is -2.08. The maximum Gasteiger partial charge on any atom is 0.119 e. The Hall–Kier alpha value is -1.06. The number of aliphatic hydroxyl groups is 1. The van der Waals surface area contributed by atoms with Crippen LogP contribution < -0.4 is 10.1 Å². The molecule has 3 heteroatoms. The van der Waals surface area contributed by atoms with Crippen LogP contribution in [0.2, 0.25) is 0 Å². The molecule has 1 rings (SSSR count). The first kappa shape index (κ1) is 16.0. The minimum atomic E-state index is 0.281. The highest BCUT2D eigenvalue weighted by Gasteiger charge is 1.97. The van der Waals surface area contributed by atoms with Gasteiger partial charge in [0.1, 0.15) is 5.75 Å². The number of rotatable bonds is 10. The van der Waals surface area contributed by atoms with E-state index in [2.05, 4.69) is 37.4 Å². The molecule has 1 aromatic rings. The van der Waals surface area contributed by atoms with E-state index in [0.29, 0.717) is 0 Å². The molecule has 0 aromatic heterocycles. The average Bonchev–Trinajstić information content (AvgIpc) is 2.36. The van der Waals surface area contributed by atoms with Crippen LogP contribution in [0.1, 0.15) is 36.8 Å². The molecule has 0 spiro atoms. The lowest BCUT2D eigenvalue weighted by Crippen LogP contribution is -2.85. The van der Waals surface area contributed by atoms with Crippen LogP contribution in [-0.4, -0.2) is 31.4 Å². The monoisotopic (exact) mass is 266 g/mol. The Kier molecular flexibility index (Phi) is 8.26. The van der Waals surface area contributed by atoms with Crippen LogP contribution in [0.3, 0.4) is 0 Å². The van der Waals surface area contributed by atoms with Gasteiger partial charge in [0.05, 0.1) is 26.3 Å². The third-order valence-corrected chi connectivity index (χ3v) is 3.10. The molecule has 0 saturated heterocycles. The van der Waals surface area contributed by atoms with E-state index in [1.54, 1.807) is 0 Å². The molecule has 0 aliphatic rings. The van der Waals surface area contributed by atoms with Crippen molar-refractivity contribution in [3.8, 4) is 5.75 Å². The molecule has 0 heterocycles. The summed E-state index contributed by atoms with van der Waals surface area (Å²) in [6.07, 6.45) is 4.81. The number of nitrogens with two attached hydrogens (primary N) is 1. The van der Waals surface area contributed by atoms with E-state index >= 15 is 0 Å². The molecule has 0 bridgehead atoms. The van der Waals surface area contributed by atoms with Gasteiger partial charge < -0.3 is 15.2 Å². The molecule has 0 atom stereocenters. The van der Waals surface area contributed by atoms with Gasteiger partial charge in [-0.25, -0.2) is 0 Å². The fourth-order valence-corrected chi connectivity index (χ4v) is 2.19. The van der Waals surface area contributed by atoms with Gasteiger partial charge in [-0.1, -0.05) is 6.07 Å². The van der Waals surface area contributed by atoms with Crippen LogP contribution in [0.15, 0.2) is 18.2 Å². The minimum Gasteiger partial charge on any atom is -0.494 e. The Morgan fingerprint density at radius 1 is 0.947 bits per heavy atom. The summed E-state index contributed by atoms with van der Waals surface area (Å²) in [5, 5.41) is 10.8. The quantitative estimate of drug-likeness (QED) is 0.634. The van der Waals surface area contributed by atoms with E-state index in [1.165, 1.54) is 30.4 Å². The largest absolute Gasteiger partial charge is 0.494 e. The van der Waals surface area contributed by atoms with Crippen LogP contribution in [0.25, 0.3) is 0 Å². The Morgan fingerprint density at radius 3 is 2.32 bits per heavy atom. The van der Waals surface area contributed by atoms with Gasteiger partial charge in [0.25, 0.3) is 0 Å². The van der Waals surface area contributed by atoms with Crippen molar-refractivity contribution in [2.45, 2.75) is 39.5 Å². The van der Waals surface area contributed by atoms with Crippen molar-refractivity contribution in [1.82, 2.24) is 0 Å². The molecule has 0 radical (unpaired) electrons. The first-order chi connectivity index (χ1) is 9.22. The highest BCUT2D eigenvalue weighted by Crippen LogP contribution is 2.16. The van der Waals surface area contributed by atoms with E-state index in [-0.39, 0.29) is 6.61 Å². The number of benzene rings is 1. The van der Waals surface area contributed by atoms with Crippen molar-refractivity contribution in [1.29, 1.82) is 0 Å². The van der Waals surface area contributed by atoms with Gasteiger partial charge in [0.15, 0.2) is 0 Å². The molecule has 0 amide bonds. The Labute approximate surface area is 117 Å². The molecule has 19 heavy (non-hydrogen) atoms. The van der Waals surface area contributed by atoms with Gasteiger partial charge in [-0.05, 0) is 62.8 Å². The summed E-state index contributed by atoms with van der Waals surface area (Å²) in [6, 6.07) is 6.35. The summed E-state index contributed by atoms with van der Waals surface area (Å²) < 4.78 is 5.77. The Balaban J connectivity index is 2.01. The predicted molar refractivity (Wildman–Crippen MR) is 78.6 cm³/mol. The molecule has 0 saturated carbocycles. The van der Waals surface area contributed by atoms with Gasteiger partial charge in [0.2, 0.25) is 0 Å². The molecule has 0 fully saturated rings. The Bertz CT molecular complexity index is 332. The highest BCUT2D eigenvalue weighted by atomic mass is 16.5. The molecular weight excluding hydrogens is 238 g/mol. The molecule has 0 aliphatic heterocycles. The average molecular weight is 266 g/mol. The fourth-order valence-electron chi connectivity index (χ4n) is 2.19. The topological polar surface area (TPSA) is 46.1 Å². The number of aliphatic hydroxyl groups excluding tert-OH is 1. The summed E-state index contributed by atoms with van der Waals surface area (Å²) in [6.45, 7) is 7.24. The van der Waals surface area contributed by atoms with Crippen LogP contribution in [0.4, 0.5) is 0 Å². The molecule has 1 aromatic carbocycles. The molecule has 3 nitrogen and oxygen atoms in total. The first-order valence-electron chi connectivity index (χ1n) is 7.36. The normalized spacial score (nSPS) is 10.7. The zero-order valence-corrected chi connectivity index (χ0v) is 12.3. The number of hydrogen-bond acceptors (Lipinski definition) is 2. The number of ether oxygens (including phenoxy) is 1. The van der Waals surface area contributed by atoms with Crippen LogP contribution >= 0.6 is 0 Å². The number of hydrogen-bond donors (Lipinski definition) is 2. The maximum absolute atomic E-state index is 8.64. The van der Waals surface area contributed by atoms with E-state index in [0.717, 1.165) is 31.9 Å². The van der Waals surface area contributed by atoms with Crippen molar-refractivity contribution in [3.05, 3.63) is 29.3 Å². The zero-order valence-electron chi connectivity index (χ0n) is 12.3. The summed E-state index contributed by atoms with van der Waals surface area (Å²) in [7, 11) is 0. The second-order valence-electron chi connectivity index (χ2n) is 5.18. The van der Waals surface area contributed by atoms with Crippen molar-refractivity contribution in [2.24, 2.45) is 0 Å². The standard InChI is InChI=1S/C16H27NO2/c1-14-11-15(2)13-16(12-14)19-10-6-4-3-5-7-17-8-9-18/h11-13,17-18H,3-10H2,1-2H3/p+1. The van der Waals surface area contributed by atoms with E-state index in [9.17, 15) is 0 Å². The van der Waals surface area contributed by atoms with Crippen molar-refractivity contribution >= 4 is 0 Å². The van der Waals surface area contributed by atoms with Gasteiger partial charge in [-0.15, -0.1) is 0 Å². The lowest BCUT2D eigenvalue weighted by molar-refractivity contribution is -0.656.